The van der Waals surface area contributed by atoms with Gasteiger partial charge in [-0.1, -0.05) is 44.4 Å². The molecule has 0 amide bonds. The molecule has 4 rings (SSSR count). The third-order valence-corrected chi connectivity index (χ3v) is 7.84. The summed E-state index contributed by atoms with van der Waals surface area (Å²) in [5.41, 5.74) is 0.904. The third-order valence-electron chi connectivity index (χ3n) is 7.84. The number of hydrogen-bond acceptors (Lipinski definition) is 0. The van der Waals surface area contributed by atoms with E-state index in [4.69, 9.17) is 0 Å². The minimum absolute atomic E-state index is 0.0417. The average molecular weight is 429 g/mol. The zero-order valence-electron chi connectivity index (χ0n) is 18.9. The van der Waals surface area contributed by atoms with E-state index >= 15 is 8.78 Å². The maximum Gasteiger partial charge on any atom is 0.140 e. The van der Waals surface area contributed by atoms with Gasteiger partial charge in [0.1, 0.15) is 17.5 Å². The second-order valence-corrected chi connectivity index (χ2v) is 9.87. The molecule has 2 fully saturated rings. The topological polar surface area (TPSA) is 0 Å². The Labute approximate surface area is 184 Å². The molecule has 0 aromatic heterocycles. The number of aryl methyl sites for hydroxylation is 1. The summed E-state index contributed by atoms with van der Waals surface area (Å²) in [5, 5.41) is 0.294. The Morgan fingerprint density at radius 2 is 1.71 bits per heavy atom. The molecule has 2 saturated carbocycles. The summed E-state index contributed by atoms with van der Waals surface area (Å²) in [5.74, 6) is 0.203. The Morgan fingerprint density at radius 1 is 0.935 bits per heavy atom. The van der Waals surface area contributed by atoms with E-state index < -0.39 is 17.5 Å². The van der Waals surface area contributed by atoms with Crippen LogP contribution >= 0.6 is 0 Å². The summed E-state index contributed by atoms with van der Waals surface area (Å²) >= 11 is 0. The molecule has 2 aromatic rings. The summed E-state index contributed by atoms with van der Waals surface area (Å²) in [4.78, 5) is 0. The number of hydrogen-bond donors (Lipinski definition) is 0. The summed E-state index contributed by atoms with van der Waals surface area (Å²) in [6.07, 6.45) is 14.3. The van der Waals surface area contributed by atoms with Crippen molar-refractivity contribution in [2.45, 2.75) is 84.0 Å². The van der Waals surface area contributed by atoms with E-state index in [1.807, 2.05) is 19.1 Å². The number of halogens is 3. The maximum atomic E-state index is 15.5. The van der Waals surface area contributed by atoms with Gasteiger partial charge in [-0.3, -0.25) is 0 Å². The van der Waals surface area contributed by atoms with Gasteiger partial charge in [-0.2, -0.15) is 0 Å². The van der Waals surface area contributed by atoms with Crippen LogP contribution in [0, 0.1) is 35.2 Å². The van der Waals surface area contributed by atoms with Crippen molar-refractivity contribution in [3.8, 4) is 0 Å². The Morgan fingerprint density at radius 3 is 2.48 bits per heavy atom. The molecule has 3 heteroatoms. The standard InChI is InChI=1S/C28H35F3/c1-3-5-6-8-19-14-23-17-25(30)26(28(31)27(23)24(29)15-19)22-12-11-20-13-18(7-4-2)9-10-21(20)16-22/h3,5,14-15,17-18,20-22H,4,6-13,16H2,1-2H3. The van der Waals surface area contributed by atoms with Crippen LogP contribution in [0.4, 0.5) is 13.2 Å². The van der Waals surface area contributed by atoms with Gasteiger partial charge < -0.3 is 0 Å². The molecule has 2 aliphatic carbocycles. The fourth-order valence-electron chi connectivity index (χ4n) is 6.34. The number of benzene rings is 2. The largest absolute Gasteiger partial charge is 0.207 e. The second kappa shape index (κ2) is 9.79. The van der Waals surface area contributed by atoms with Gasteiger partial charge in [0.2, 0.25) is 0 Å². The highest BCUT2D eigenvalue weighted by molar-refractivity contribution is 5.85. The van der Waals surface area contributed by atoms with E-state index in [0.29, 0.717) is 23.6 Å². The molecule has 0 spiro atoms. The molecule has 31 heavy (non-hydrogen) atoms. The smallest absolute Gasteiger partial charge is 0.140 e. The number of rotatable bonds is 6. The van der Waals surface area contributed by atoms with E-state index in [-0.39, 0.29) is 16.9 Å². The first-order chi connectivity index (χ1) is 15.0. The molecular weight excluding hydrogens is 393 g/mol. The fraction of sp³-hybridized carbons (Fsp3) is 0.571. The van der Waals surface area contributed by atoms with Gasteiger partial charge in [0.15, 0.2) is 0 Å². The quantitative estimate of drug-likeness (QED) is 0.403. The molecule has 0 saturated heterocycles. The molecule has 0 nitrogen and oxygen atoms in total. The zero-order valence-corrected chi connectivity index (χ0v) is 18.9. The van der Waals surface area contributed by atoms with E-state index in [1.165, 1.54) is 44.2 Å². The summed E-state index contributed by atoms with van der Waals surface area (Å²) in [6.45, 7) is 4.19. The lowest BCUT2D eigenvalue weighted by Gasteiger charge is -2.42. The van der Waals surface area contributed by atoms with Crippen LogP contribution in [-0.2, 0) is 6.42 Å². The lowest BCUT2D eigenvalue weighted by molar-refractivity contribution is 0.112. The predicted octanol–water partition coefficient (Wildman–Crippen LogP) is 8.87. The molecule has 0 radical (unpaired) electrons. The van der Waals surface area contributed by atoms with Crippen molar-refractivity contribution in [3.63, 3.8) is 0 Å². The van der Waals surface area contributed by atoms with Crippen LogP contribution in [0.25, 0.3) is 10.8 Å². The lowest BCUT2D eigenvalue weighted by atomic mass is 9.63. The Kier molecular flexibility index (Phi) is 7.08. The predicted molar refractivity (Wildman–Crippen MR) is 123 cm³/mol. The molecule has 168 valence electrons. The Balaban J connectivity index is 1.58. The van der Waals surface area contributed by atoms with E-state index in [0.717, 1.165) is 37.2 Å². The van der Waals surface area contributed by atoms with Gasteiger partial charge in [0, 0.05) is 5.56 Å². The zero-order chi connectivity index (χ0) is 22.0. The van der Waals surface area contributed by atoms with Crippen LogP contribution in [0.1, 0.15) is 88.7 Å². The molecular formula is C28H35F3. The molecule has 2 aromatic carbocycles. The van der Waals surface area contributed by atoms with Crippen molar-refractivity contribution in [2.24, 2.45) is 17.8 Å². The molecule has 4 atom stereocenters. The lowest BCUT2D eigenvalue weighted by Crippen LogP contribution is -2.31. The van der Waals surface area contributed by atoms with Crippen molar-refractivity contribution in [2.75, 3.05) is 0 Å². The summed E-state index contributed by atoms with van der Waals surface area (Å²) in [6, 6.07) is 4.52. The molecule has 0 aliphatic heterocycles. The Hall–Kier alpha value is -1.77. The van der Waals surface area contributed by atoms with Gasteiger partial charge in [-0.15, -0.1) is 0 Å². The molecule has 0 heterocycles. The van der Waals surface area contributed by atoms with Gasteiger partial charge in [0.05, 0.1) is 5.39 Å². The molecule has 2 aliphatic rings. The third kappa shape index (κ3) is 4.71. The average Bonchev–Trinajstić information content (AvgIpc) is 2.73. The van der Waals surface area contributed by atoms with E-state index in [1.54, 1.807) is 6.07 Å². The minimum Gasteiger partial charge on any atom is -0.207 e. The first-order valence-corrected chi connectivity index (χ1v) is 12.2. The maximum absolute atomic E-state index is 15.5. The van der Waals surface area contributed by atoms with Crippen molar-refractivity contribution in [1.29, 1.82) is 0 Å². The van der Waals surface area contributed by atoms with Crippen LogP contribution in [0.15, 0.2) is 30.4 Å². The molecule has 0 N–H and O–H groups in total. The summed E-state index contributed by atoms with van der Waals surface area (Å²) < 4.78 is 45.6. The van der Waals surface area contributed by atoms with Crippen molar-refractivity contribution in [1.82, 2.24) is 0 Å². The SMILES string of the molecule is CC=CCCc1cc(F)c2c(F)c(C3CCC4CC(CCC)CCC4C3)c(F)cc2c1. The van der Waals surface area contributed by atoms with Crippen molar-refractivity contribution in [3.05, 3.63) is 58.9 Å². The highest BCUT2D eigenvalue weighted by Gasteiger charge is 2.37. The minimum atomic E-state index is -0.671. The van der Waals surface area contributed by atoms with Crippen LogP contribution in [0.5, 0.6) is 0 Å². The molecule has 0 bridgehead atoms. The van der Waals surface area contributed by atoms with Crippen LogP contribution < -0.4 is 0 Å². The first kappa shape index (κ1) is 22.4. The van der Waals surface area contributed by atoms with E-state index in [9.17, 15) is 4.39 Å². The fourth-order valence-corrected chi connectivity index (χ4v) is 6.34. The molecule has 4 unspecified atom stereocenters. The summed E-state index contributed by atoms with van der Waals surface area (Å²) in [7, 11) is 0. The Bertz CT molecular complexity index is 945. The van der Waals surface area contributed by atoms with Crippen LogP contribution in [0.3, 0.4) is 0 Å². The van der Waals surface area contributed by atoms with Gasteiger partial charge in [-0.25, -0.2) is 13.2 Å². The number of fused-ring (bicyclic) bond motifs is 2. The normalized spacial score (nSPS) is 26.5. The van der Waals surface area contributed by atoms with E-state index in [2.05, 4.69) is 6.92 Å². The van der Waals surface area contributed by atoms with Crippen molar-refractivity contribution < 1.29 is 13.2 Å². The van der Waals surface area contributed by atoms with Crippen molar-refractivity contribution >= 4 is 10.8 Å². The van der Waals surface area contributed by atoms with Gasteiger partial charge >= 0.3 is 0 Å². The van der Waals surface area contributed by atoms with Gasteiger partial charge in [0.25, 0.3) is 0 Å². The first-order valence-electron chi connectivity index (χ1n) is 12.2. The van der Waals surface area contributed by atoms with Gasteiger partial charge in [-0.05, 0) is 98.6 Å². The number of allylic oxidation sites excluding steroid dienone is 2. The van der Waals surface area contributed by atoms with Crippen LogP contribution in [-0.4, -0.2) is 0 Å². The highest BCUT2D eigenvalue weighted by atomic mass is 19.1. The van der Waals surface area contributed by atoms with Crippen LogP contribution in [0.2, 0.25) is 0 Å². The monoisotopic (exact) mass is 428 g/mol. The highest BCUT2D eigenvalue weighted by Crippen LogP contribution is 2.49. The second-order valence-electron chi connectivity index (χ2n) is 9.87.